The maximum atomic E-state index is 13.6. The highest BCUT2D eigenvalue weighted by atomic mass is 79.9. The van der Waals surface area contributed by atoms with Gasteiger partial charge < -0.3 is 9.47 Å². The Hall–Kier alpha value is -3.04. The van der Waals surface area contributed by atoms with Gasteiger partial charge in [-0.3, -0.25) is 0 Å². The van der Waals surface area contributed by atoms with Gasteiger partial charge in [0, 0.05) is 19.7 Å². The number of carbonyl (C=O) groups excluding carboxylic acids is 2. The molecule has 6 aromatic carbocycles. The molecule has 0 aromatic heterocycles. The third kappa shape index (κ3) is 4.77. The van der Waals surface area contributed by atoms with Gasteiger partial charge >= 0.3 is 11.9 Å². The Morgan fingerprint density at radius 1 is 0.425 bits per heavy atom. The molecule has 0 atom stereocenters. The first-order valence-electron chi connectivity index (χ1n) is 12.0. The molecule has 4 nitrogen and oxygen atoms in total. The van der Waals surface area contributed by atoms with E-state index in [9.17, 15) is 9.59 Å². The first-order chi connectivity index (χ1) is 19.3. The van der Waals surface area contributed by atoms with Crippen LogP contribution in [0.1, 0.15) is 20.7 Å². The Morgan fingerprint density at radius 2 is 0.775 bits per heavy atom. The second-order valence-corrected chi connectivity index (χ2v) is 12.1. The van der Waals surface area contributed by atoms with Gasteiger partial charge in [-0.05, 0) is 97.4 Å². The summed E-state index contributed by atoms with van der Waals surface area (Å²) in [4.78, 5) is 27.1. The van der Waals surface area contributed by atoms with Crippen molar-refractivity contribution in [3.05, 3.63) is 126 Å². The second kappa shape index (κ2) is 11.1. The van der Waals surface area contributed by atoms with Gasteiger partial charge in [0.2, 0.25) is 0 Å². The second-order valence-electron chi connectivity index (χ2n) is 8.91. The fraction of sp³-hybridized carbons (Fsp3) is 0. The number of fused-ring (bicyclic) bond motifs is 3. The topological polar surface area (TPSA) is 52.6 Å². The average molecular weight is 784 g/mol. The van der Waals surface area contributed by atoms with Crippen LogP contribution in [0.3, 0.4) is 0 Å². The van der Waals surface area contributed by atoms with Gasteiger partial charge in [0.25, 0.3) is 0 Å². The van der Waals surface area contributed by atoms with E-state index in [2.05, 4.69) is 63.7 Å². The van der Waals surface area contributed by atoms with Crippen molar-refractivity contribution in [2.75, 3.05) is 0 Å². The average Bonchev–Trinajstić information content (AvgIpc) is 2.98. The number of halogens is 4. The van der Waals surface area contributed by atoms with E-state index in [0.29, 0.717) is 29.0 Å². The standard InChI is InChI=1S/C32H16Br4O4/c33-25-19-9-3-1-7-17(19)13-15-23(25)31(37)39-29-27(35)21-11-5-6-12-22(21)28(36)30(29)40-32(38)24-16-14-18-8-2-4-10-20(18)26(24)34/h1-16H. The van der Waals surface area contributed by atoms with Crippen LogP contribution in [-0.4, -0.2) is 11.9 Å². The van der Waals surface area contributed by atoms with Gasteiger partial charge in [-0.15, -0.1) is 0 Å². The number of esters is 2. The zero-order chi connectivity index (χ0) is 28.0. The Kier molecular flexibility index (Phi) is 7.52. The largest absolute Gasteiger partial charge is 0.418 e. The fourth-order valence-corrected chi connectivity index (χ4v) is 7.09. The summed E-state index contributed by atoms with van der Waals surface area (Å²) in [5, 5.41) is 5.28. The van der Waals surface area contributed by atoms with Crippen molar-refractivity contribution >= 4 is 108 Å². The van der Waals surface area contributed by atoms with Gasteiger partial charge in [-0.25, -0.2) is 9.59 Å². The summed E-state index contributed by atoms with van der Waals surface area (Å²) in [5.74, 6) is -1.05. The van der Waals surface area contributed by atoms with E-state index >= 15 is 0 Å². The smallest absolute Gasteiger partial charge is 0.344 e. The number of ether oxygens (including phenoxy) is 2. The molecular formula is C32H16Br4O4. The molecular weight excluding hydrogens is 768 g/mol. The van der Waals surface area contributed by atoms with Gasteiger partial charge in [-0.2, -0.15) is 0 Å². The lowest BCUT2D eigenvalue weighted by Gasteiger charge is -2.18. The molecule has 0 radical (unpaired) electrons. The molecule has 6 rings (SSSR count). The Balaban J connectivity index is 1.45. The number of hydrogen-bond acceptors (Lipinski definition) is 4. The maximum Gasteiger partial charge on any atom is 0.344 e. The number of carbonyl (C=O) groups is 2. The van der Waals surface area contributed by atoms with E-state index in [1.54, 1.807) is 12.1 Å². The molecule has 0 saturated carbocycles. The van der Waals surface area contributed by atoms with Crippen molar-refractivity contribution in [3.63, 3.8) is 0 Å². The first kappa shape index (κ1) is 27.1. The lowest BCUT2D eigenvalue weighted by molar-refractivity contribution is 0.0680. The van der Waals surface area contributed by atoms with E-state index in [-0.39, 0.29) is 11.5 Å². The summed E-state index contributed by atoms with van der Waals surface area (Å²) in [6, 6.07) is 30.1. The lowest BCUT2D eigenvalue weighted by atomic mass is 10.1. The van der Waals surface area contributed by atoms with Crippen molar-refractivity contribution in [1.29, 1.82) is 0 Å². The third-order valence-electron chi connectivity index (χ3n) is 6.56. The van der Waals surface area contributed by atoms with Crippen molar-refractivity contribution in [3.8, 4) is 11.5 Å². The number of benzene rings is 6. The Bertz CT molecular complexity index is 1860. The summed E-state index contributed by atoms with van der Waals surface area (Å²) in [6.07, 6.45) is 0. The van der Waals surface area contributed by atoms with Crippen molar-refractivity contribution in [2.45, 2.75) is 0 Å². The van der Waals surface area contributed by atoms with Crippen LogP contribution in [0, 0.1) is 0 Å². The zero-order valence-corrected chi connectivity index (χ0v) is 26.7. The SMILES string of the molecule is O=C(Oc1c(OC(=O)c2ccc3ccccc3c2Br)c(Br)c2ccccc2c1Br)c1ccc2ccccc2c1Br. The molecule has 0 heterocycles. The van der Waals surface area contributed by atoms with Crippen molar-refractivity contribution < 1.29 is 19.1 Å². The summed E-state index contributed by atoms with van der Waals surface area (Å²) in [7, 11) is 0. The molecule has 8 heteroatoms. The van der Waals surface area contributed by atoms with E-state index in [1.807, 2.05) is 84.9 Å². The van der Waals surface area contributed by atoms with Crippen molar-refractivity contribution in [2.24, 2.45) is 0 Å². The molecule has 0 saturated heterocycles. The molecule has 0 aliphatic heterocycles. The normalized spacial score (nSPS) is 11.2. The highest BCUT2D eigenvalue weighted by molar-refractivity contribution is 9.11. The minimum absolute atomic E-state index is 0.0842. The molecule has 0 aliphatic carbocycles. The minimum Gasteiger partial charge on any atom is -0.418 e. The van der Waals surface area contributed by atoms with Gasteiger partial charge in [0.05, 0.1) is 20.1 Å². The van der Waals surface area contributed by atoms with Gasteiger partial charge in [0.1, 0.15) is 0 Å². The van der Waals surface area contributed by atoms with Crippen LogP contribution in [0.25, 0.3) is 32.3 Å². The molecule has 0 fully saturated rings. The van der Waals surface area contributed by atoms with Crippen LogP contribution in [0.2, 0.25) is 0 Å². The first-order valence-corrected chi connectivity index (χ1v) is 15.2. The quantitative estimate of drug-likeness (QED) is 0.132. The molecule has 0 aliphatic rings. The predicted octanol–water partition coefficient (Wildman–Crippen LogP) is 10.6. The fourth-order valence-electron chi connectivity index (χ4n) is 4.57. The van der Waals surface area contributed by atoms with Crippen LogP contribution in [0.4, 0.5) is 0 Å². The minimum atomic E-state index is -0.607. The van der Waals surface area contributed by atoms with E-state index in [0.717, 1.165) is 32.3 Å². The lowest BCUT2D eigenvalue weighted by Crippen LogP contribution is -2.14. The maximum absolute atomic E-state index is 13.6. The molecule has 0 bridgehead atoms. The third-order valence-corrected chi connectivity index (χ3v) is 9.84. The molecule has 6 aromatic rings. The zero-order valence-electron chi connectivity index (χ0n) is 20.4. The molecule has 40 heavy (non-hydrogen) atoms. The van der Waals surface area contributed by atoms with Crippen molar-refractivity contribution in [1.82, 2.24) is 0 Å². The Morgan fingerprint density at radius 3 is 1.18 bits per heavy atom. The summed E-state index contributed by atoms with van der Waals surface area (Å²) >= 11 is 14.4. The van der Waals surface area contributed by atoms with E-state index < -0.39 is 11.9 Å². The molecule has 196 valence electrons. The monoisotopic (exact) mass is 780 g/mol. The van der Waals surface area contributed by atoms with Gasteiger partial charge in [0.15, 0.2) is 11.5 Å². The molecule has 0 amide bonds. The Labute approximate surface area is 262 Å². The number of hydrogen-bond donors (Lipinski definition) is 0. The van der Waals surface area contributed by atoms with E-state index in [4.69, 9.17) is 9.47 Å². The molecule has 0 N–H and O–H groups in total. The summed E-state index contributed by atoms with van der Waals surface area (Å²) in [5.41, 5.74) is 0.675. The molecule has 0 unspecified atom stereocenters. The number of rotatable bonds is 4. The van der Waals surface area contributed by atoms with Crippen LogP contribution >= 0.6 is 63.7 Å². The van der Waals surface area contributed by atoms with Crippen LogP contribution in [-0.2, 0) is 0 Å². The van der Waals surface area contributed by atoms with Crippen LogP contribution in [0.15, 0.2) is 115 Å². The van der Waals surface area contributed by atoms with Crippen LogP contribution in [0.5, 0.6) is 11.5 Å². The van der Waals surface area contributed by atoms with E-state index in [1.165, 1.54) is 0 Å². The summed E-state index contributed by atoms with van der Waals surface area (Å²) in [6.45, 7) is 0. The van der Waals surface area contributed by atoms with Crippen LogP contribution < -0.4 is 9.47 Å². The predicted molar refractivity (Wildman–Crippen MR) is 173 cm³/mol. The highest BCUT2D eigenvalue weighted by Crippen LogP contribution is 2.48. The summed E-state index contributed by atoms with van der Waals surface area (Å²) < 4.78 is 14.2. The molecule has 0 spiro atoms. The highest BCUT2D eigenvalue weighted by Gasteiger charge is 2.27. The van der Waals surface area contributed by atoms with Gasteiger partial charge in [-0.1, -0.05) is 84.9 Å².